The molecule has 1 aliphatic rings. The third kappa shape index (κ3) is 3.93. The molecule has 4 nitrogen and oxygen atoms in total. The maximum atomic E-state index is 10.3. The summed E-state index contributed by atoms with van der Waals surface area (Å²) in [5.74, 6) is 0.847. The highest BCUT2D eigenvalue weighted by atomic mass is 16.5. The van der Waals surface area contributed by atoms with Crippen LogP contribution in [-0.4, -0.2) is 49.5 Å². The van der Waals surface area contributed by atoms with Crippen LogP contribution < -0.4 is 4.74 Å². The zero-order valence-corrected chi connectivity index (χ0v) is 11.7. The maximum Gasteiger partial charge on any atom is 0.119 e. The zero-order valence-electron chi connectivity index (χ0n) is 11.7. The number of nitrogens with zero attached hydrogens (tertiary/aromatic N) is 1. The molecule has 2 atom stereocenters. The number of likely N-dealkylation sites (N-methyl/N-ethyl adjacent to an activating group) is 1. The molecule has 1 fully saturated rings. The molecule has 0 radical (unpaired) electrons. The third-order valence-electron chi connectivity index (χ3n) is 3.34. The molecular formula is C15H23NO3. The molecule has 2 unspecified atom stereocenters. The molecule has 0 amide bonds. The van der Waals surface area contributed by atoms with Gasteiger partial charge in [-0.2, -0.15) is 0 Å². The summed E-state index contributed by atoms with van der Waals surface area (Å²) in [6.45, 7) is 5.16. The molecule has 106 valence electrons. The van der Waals surface area contributed by atoms with Crippen LogP contribution in [0, 0.1) is 0 Å². The van der Waals surface area contributed by atoms with Gasteiger partial charge in [-0.25, -0.2) is 0 Å². The van der Waals surface area contributed by atoms with E-state index in [0.717, 1.165) is 37.4 Å². The fourth-order valence-corrected chi connectivity index (χ4v) is 2.20. The van der Waals surface area contributed by atoms with E-state index in [9.17, 15) is 5.11 Å². The molecule has 0 aliphatic carbocycles. The van der Waals surface area contributed by atoms with Crippen molar-refractivity contribution in [3.8, 4) is 5.75 Å². The first-order valence-corrected chi connectivity index (χ1v) is 6.91. The summed E-state index contributed by atoms with van der Waals surface area (Å²) >= 11 is 0. The average Bonchev–Trinajstić information content (AvgIpc) is 2.45. The Kier molecular flexibility index (Phi) is 5.19. The van der Waals surface area contributed by atoms with Crippen molar-refractivity contribution < 1.29 is 14.6 Å². The van der Waals surface area contributed by atoms with Crippen LogP contribution in [0.2, 0.25) is 0 Å². The van der Waals surface area contributed by atoms with E-state index >= 15 is 0 Å². The summed E-state index contributed by atoms with van der Waals surface area (Å²) in [6.07, 6.45) is 0.260. The molecule has 1 aromatic rings. The van der Waals surface area contributed by atoms with E-state index in [1.807, 2.05) is 31.3 Å². The van der Waals surface area contributed by atoms with Gasteiger partial charge in [0.15, 0.2) is 0 Å². The molecule has 1 aliphatic heterocycles. The van der Waals surface area contributed by atoms with E-state index in [-0.39, 0.29) is 6.10 Å². The summed E-state index contributed by atoms with van der Waals surface area (Å²) in [6, 6.07) is 7.63. The van der Waals surface area contributed by atoms with Crippen molar-refractivity contribution in [2.75, 3.05) is 33.4 Å². The SMILES string of the molecule is CCCOc1ccc(C(O)C2CN(C)CCO2)cc1. The van der Waals surface area contributed by atoms with Gasteiger partial charge in [0.05, 0.1) is 13.2 Å². The van der Waals surface area contributed by atoms with Crippen molar-refractivity contribution >= 4 is 0 Å². The monoisotopic (exact) mass is 265 g/mol. The Morgan fingerprint density at radius 2 is 2.16 bits per heavy atom. The van der Waals surface area contributed by atoms with Crippen LogP contribution in [0.15, 0.2) is 24.3 Å². The fraction of sp³-hybridized carbons (Fsp3) is 0.600. The van der Waals surface area contributed by atoms with Crippen molar-refractivity contribution in [2.45, 2.75) is 25.6 Å². The Balaban J connectivity index is 1.96. The lowest BCUT2D eigenvalue weighted by Gasteiger charge is -2.33. The molecule has 4 heteroatoms. The highest BCUT2D eigenvalue weighted by Gasteiger charge is 2.26. The van der Waals surface area contributed by atoms with Crippen molar-refractivity contribution in [1.82, 2.24) is 4.90 Å². The number of hydrogen-bond acceptors (Lipinski definition) is 4. The van der Waals surface area contributed by atoms with Crippen LogP contribution in [0.25, 0.3) is 0 Å². The van der Waals surface area contributed by atoms with Crippen LogP contribution in [0.5, 0.6) is 5.75 Å². The zero-order chi connectivity index (χ0) is 13.7. The average molecular weight is 265 g/mol. The maximum absolute atomic E-state index is 10.3. The first-order chi connectivity index (χ1) is 9.20. The van der Waals surface area contributed by atoms with Gasteiger partial charge in [0.2, 0.25) is 0 Å². The molecule has 0 bridgehead atoms. The number of aliphatic hydroxyl groups is 1. The second kappa shape index (κ2) is 6.89. The van der Waals surface area contributed by atoms with Gasteiger partial charge >= 0.3 is 0 Å². The van der Waals surface area contributed by atoms with Crippen LogP contribution >= 0.6 is 0 Å². The summed E-state index contributed by atoms with van der Waals surface area (Å²) in [7, 11) is 2.05. The van der Waals surface area contributed by atoms with E-state index < -0.39 is 6.10 Å². The van der Waals surface area contributed by atoms with Gasteiger partial charge < -0.3 is 19.5 Å². The molecular weight excluding hydrogens is 242 g/mol. The summed E-state index contributed by atoms with van der Waals surface area (Å²) < 4.78 is 11.2. The lowest BCUT2D eigenvalue weighted by molar-refractivity contribution is -0.0844. The second-order valence-electron chi connectivity index (χ2n) is 5.03. The smallest absolute Gasteiger partial charge is 0.119 e. The van der Waals surface area contributed by atoms with Gasteiger partial charge in [-0.3, -0.25) is 0 Å². The predicted octanol–water partition coefficient (Wildman–Crippen LogP) is 1.84. The van der Waals surface area contributed by atoms with Crippen LogP contribution in [0.4, 0.5) is 0 Å². The quantitative estimate of drug-likeness (QED) is 0.882. The van der Waals surface area contributed by atoms with Crippen LogP contribution in [0.3, 0.4) is 0 Å². The van der Waals surface area contributed by atoms with Crippen LogP contribution in [0.1, 0.15) is 25.0 Å². The van der Waals surface area contributed by atoms with Gasteiger partial charge in [0.25, 0.3) is 0 Å². The number of rotatable bonds is 5. The van der Waals surface area contributed by atoms with E-state index in [1.165, 1.54) is 0 Å². The molecule has 0 saturated carbocycles. The Hall–Kier alpha value is -1.10. The fourth-order valence-electron chi connectivity index (χ4n) is 2.20. The highest BCUT2D eigenvalue weighted by Crippen LogP contribution is 2.24. The molecule has 0 spiro atoms. The standard InChI is InChI=1S/C15H23NO3/c1-3-9-18-13-6-4-12(5-7-13)15(17)14-11-16(2)8-10-19-14/h4-7,14-15,17H,3,8-11H2,1-2H3. The minimum absolute atomic E-state index is 0.152. The van der Waals surface area contributed by atoms with Gasteiger partial charge in [0, 0.05) is 13.1 Å². The number of benzene rings is 1. The molecule has 19 heavy (non-hydrogen) atoms. The first-order valence-electron chi connectivity index (χ1n) is 6.91. The normalized spacial score (nSPS) is 22.2. The number of hydrogen-bond donors (Lipinski definition) is 1. The van der Waals surface area contributed by atoms with Crippen molar-refractivity contribution in [3.63, 3.8) is 0 Å². The van der Waals surface area contributed by atoms with Gasteiger partial charge in [-0.05, 0) is 31.2 Å². The number of morpholine rings is 1. The van der Waals surface area contributed by atoms with Crippen LogP contribution in [-0.2, 0) is 4.74 Å². The van der Waals surface area contributed by atoms with E-state index in [4.69, 9.17) is 9.47 Å². The minimum atomic E-state index is -0.581. The molecule has 2 rings (SSSR count). The lowest BCUT2D eigenvalue weighted by Crippen LogP contribution is -2.42. The predicted molar refractivity (Wildman–Crippen MR) is 74.4 cm³/mol. The largest absolute Gasteiger partial charge is 0.494 e. The summed E-state index contributed by atoms with van der Waals surface area (Å²) in [5.41, 5.74) is 0.879. The topological polar surface area (TPSA) is 41.9 Å². The molecule has 1 heterocycles. The Morgan fingerprint density at radius 1 is 1.42 bits per heavy atom. The molecule has 0 aromatic heterocycles. The van der Waals surface area contributed by atoms with E-state index in [0.29, 0.717) is 6.61 Å². The van der Waals surface area contributed by atoms with E-state index in [2.05, 4.69) is 11.8 Å². The Morgan fingerprint density at radius 3 is 2.79 bits per heavy atom. The Labute approximate surface area is 114 Å². The van der Waals surface area contributed by atoms with Crippen molar-refractivity contribution in [1.29, 1.82) is 0 Å². The molecule has 1 N–H and O–H groups in total. The van der Waals surface area contributed by atoms with Gasteiger partial charge in [-0.1, -0.05) is 19.1 Å². The Bertz CT molecular complexity index is 379. The minimum Gasteiger partial charge on any atom is -0.494 e. The molecule has 1 aromatic carbocycles. The van der Waals surface area contributed by atoms with E-state index in [1.54, 1.807) is 0 Å². The number of ether oxygens (including phenoxy) is 2. The van der Waals surface area contributed by atoms with Crippen molar-refractivity contribution in [3.05, 3.63) is 29.8 Å². The lowest BCUT2D eigenvalue weighted by atomic mass is 10.0. The number of aliphatic hydroxyl groups excluding tert-OH is 1. The van der Waals surface area contributed by atoms with Gasteiger partial charge in [0.1, 0.15) is 18.0 Å². The third-order valence-corrected chi connectivity index (χ3v) is 3.34. The van der Waals surface area contributed by atoms with Crippen molar-refractivity contribution in [2.24, 2.45) is 0 Å². The second-order valence-corrected chi connectivity index (χ2v) is 5.03. The summed E-state index contributed by atoms with van der Waals surface area (Å²) in [4.78, 5) is 2.18. The summed E-state index contributed by atoms with van der Waals surface area (Å²) in [5, 5.41) is 10.3. The molecule has 1 saturated heterocycles. The highest BCUT2D eigenvalue weighted by molar-refractivity contribution is 5.29. The first kappa shape index (κ1) is 14.3. The van der Waals surface area contributed by atoms with Gasteiger partial charge in [-0.15, -0.1) is 0 Å².